The van der Waals surface area contributed by atoms with Gasteiger partial charge in [0.05, 0.1) is 0 Å². The molecular formula is C13H20N2O. The molecule has 2 N–H and O–H groups in total. The summed E-state index contributed by atoms with van der Waals surface area (Å²) in [6.07, 6.45) is 6.22. The van der Waals surface area contributed by atoms with Gasteiger partial charge in [-0.05, 0) is 37.3 Å². The molecule has 1 aromatic heterocycles. The third-order valence-corrected chi connectivity index (χ3v) is 3.40. The molecule has 2 rings (SSSR count). The Balaban J connectivity index is 1.96. The van der Waals surface area contributed by atoms with Crippen LogP contribution in [0.15, 0.2) is 18.3 Å². The molecule has 0 radical (unpaired) electrons. The first-order valence-corrected chi connectivity index (χ1v) is 6.01. The predicted molar refractivity (Wildman–Crippen MR) is 64.4 cm³/mol. The Bertz CT molecular complexity index is 340. The number of fused-ring (bicyclic) bond motifs is 1. The Hall–Kier alpha value is -0.930. The number of aryl methyl sites for hydroxylation is 1. The molecule has 88 valence electrons. The van der Waals surface area contributed by atoms with Gasteiger partial charge in [-0.1, -0.05) is 6.07 Å². The molecule has 0 saturated heterocycles. The number of ether oxygens (including phenoxy) is 1. The number of hydrogen-bond acceptors (Lipinski definition) is 3. The van der Waals surface area contributed by atoms with Crippen LogP contribution in [0.3, 0.4) is 0 Å². The third kappa shape index (κ3) is 2.42. The van der Waals surface area contributed by atoms with Crippen LogP contribution in [0.4, 0.5) is 0 Å². The van der Waals surface area contributed by atoms with Crippen molar-refractivity contribution in [1.29, 1.82) is 0 Å². The summed E-state index contributed by atoms with van der Waals surface area (Å²) in [5.74, 6) is 0.452. The van der Waals surface area contributed by atoms with E-state index < -0.39 is 0 Å². The zero-order valence-corrected chi connectivity index (χ0v) is 9.86. The van der Waals surface area contributed by atoms with Crippen LogP contribution in [0.2, 0.25) is 0 Å². The Labute approximate surface area is 97.0 Å². The molecule has 3 nitrogen and oxygen atoms in total. The van der Waals surface area contributed by atoms with E-state index in [1.807, 2.05) is 12.3 Å². The van der Waals surface area contributed by atoms with Gasteiger partial charge in [-0.25, -0.2) is 0 Å². The molecule has 0 amide bonds. The molecule has 1 aliphatic carbocycles. The summed E-state index contributed by atoms with van der Waals surface area (Å²) in [6, 6.07) is 4.41. The van der Waals surface area contributed by atoms with Crippen molar-refractivity contribution in [3.63, 3.8) is 0 Å². The summed E-state index contributed by atoms with van der Waals surface area (Å²) in [5.41, 5.74) is 8.85. The maximum atomic E-state index is 6.24. The van der Waals surface area contributed by atoms with Crippen LogP contribution >= 0.6 is 0 Å². The van der Waals surface area contributed by atoms with Crippen LogP contribution in [0.5, 0.6) is 0 Å². The zero-order chi connectivity index (χ0) is 11.4. The van der Waals surface area contributed by atoms with Crippen LogP contribution in [-0.4, -0.2) is 24.7 Å². The van der Waals surface area contributed by atoms with E-state index in [4.69, 9.17) is 10.5 Å². The van der Waals surface area contributed by atoms with Crippen LogP contribution in [0.25, 0.3) is 0 Å². The second-order valence-electron chi connectivity index (χ2n) is 4.49. The highest BCUT2D eigenvalue weighted by molar-refractivity contribution is 5.29. The lowest BCUT2D eigenvalue weighted by Gasteiger charge is -2.19. The quantitative estimate of drug-likeness (QED) is 0.771. The van der Waals surface area contributed by atoms with Gasteiger partial charge in [-0.2, -0.15) is 0 Å². The number of rotatable bonds is 5. The molecule has 0 saturated carbocycles. The van der Waals surface area contributed by atoms with Crippen LogP contribution in [-0.2, 0) is 11.2 Å². The summed E-state index contributed by atoms with van der Waals surface area (Å²) in [6.45, 7) is 0.801. The van der Waals surface area contributed by atoms with Gasteiger partial charge in [0, 0.05) is 37.6 Å². The molecule has 16 heavy (non-hydrogen) atoms. The van der Waals surface area contributed by atoms with Gasteiger partial charge in [0.15, 0.2) is 0 Å². The molecular weight excluding hydrogens is 200 g/mol. The molecule has 1 aromatic rings. The summed E-state index contributed by atoms with van der Waals surface area (Å²) >= 11 is 0. The molecule has 2 unspecified atom stereocenters. The Morgan fingerprint density at radius 2 is 2.50 bits per heavy atom. The molecule has 3 heteroatoms. The molecule has 1 heterocycles. The average molecular weight is 220 g/mol. The third-order valence-electron chi connectivity index (χ3n) is 3.40. The first-order valence-electron chi connectivity index (χ1n) is 6.01. The monoisotopic (exact) mass is 220 g/mol. The van der Waals surface area contributed by atoms with E-state index in [-0.39, 0.29) is 6.04 Å². The van der Waals surface area contributed by atoms with Crippen molar-refractivity contribution in [2.75, 3.05) is 13.7 Å². The smallest absolute Gasteiger partial charge is 0.0482 e. The van der Waals surface area contributed by atoms with Crippen molar-refractivity contribution in [1.82, 2.24) is 4.98 Å². The van der Waals surface area contributed by atoms with E-state index in [1.54, 1.807) is 7.11 Å². The normalized spacial score (nSPS) is 20.8. The van der Waals surface area contributed by atoms with Gasteiger partial charge in [0.25, 0.3) is 0 Å². The van der Waals surface area contributed by atoms with Crippen molar-refractivity contribution >= 4 is 0 Å². The lowest BCUT2D eigenvalue weighted by Crippen LogP contribution is -2.28. The highest BCUT2D eigenvalue weighted by Crippen LogP contribution is 2.34. The summed E-state index contributed by atoms with van der Waals surface area (Å²) in [5, 5.41) is 0. The zero-order valence-electron chi connectivity index (χ0n) is 9.86. The van der Waals surface area contributed by atoms with E-state index in [0.29, 0.717) is 5.92 Å². The fourth-order valence-corrected chi connectivity index (χ4v) is 2.53. The first-order chi connectivity index (χ1) is 7.83. The van der Waals surface area contributed by atoms with Crippen molar-refractivity contribution in [3.05, 3.63) is 29.6 Å². The van der Waals surface area contributed by atoms with Crippen molar-refractivity contribution in [2.24, 2.45) is 5.73 Å². The Kier molecular flexibility index (Phi) is 3.91. The molecule has 0 spiro atoms. The van der Waals surface area contributed by atoms with Crippen LogP contribution in [0.1, 0.15) is 36.4 Å². The maximum Gasteiger partial charge on any atom is 0.0482 e. The second-order valence-corrected chi connectivity index (χ2v) is 4.49. The fourth-order valence-electron chi connectivity index (χ4n) is 2.53. The summed E-state index contributed by atoms with van der Waals surface area (Å²) < 4.78 is 5.05. The number of nitrogens with two attached hydrogens (primary N) is 1. The van der Waals surface area contributed by atoms with Crippen molar-refractivity contribution in [3.8, 4) is 0 Å². The molecule has 0 aliphatic heterocycles. The molecule has 1 aliphatic rings. The van der Waals surface area contributed by atoms with Gasteiger partial charge in [-0.3, -0.25) is 4.98 Å². The van der Waals surface area contributed by atoms with Gasteiger partial charge in [0.2, 0.25) is 0 Å². The van der Waals surface area contributed by atoms with Crippen LogP contribution < -0.4 is 5.73 Å². The Morgan fingerprint density at radius 1 is 1.62 bits per heavy atom. The van der Waals surface area contributed by atoms with E-state index in [1.165, 1.54) is 11.3 Å². The minimum absolute atomic E-state index is 0.228. The molecule has 2 atom stereocenters. The molecule has 0 fully saturated rings. The summed E-state index contributed by atoms with van der Waals surface area (Å²) in [7, 11) is 1.73. The number of methoxy groups -OCH3 is 1. The van der Waals surface area contributed by atoms with Gasteiger partial charge >= 0.3 is 0 Å². The lowest BCUT2D eigenvalue weighted by atomic mass is 9.94. The van der Waals surface area contributed by atoms with Gasteiger partial charge in [-0.15, -0.1) is 0 Å². The van der Waals surface area contributed by atoms with E-state index in [0.717, 1.165) is 32.3 Å². The van der Waals surface area contributed by atoms with E-state index in [2.05, 4.69) is 11.1 Å². The van der Waals surface area contributed by atoms with E-state index in [9.17, 15) is 0 Å². The standard InChI is InChI=1S/C13H20N2O/c1-16-9-3-5-12(14)11-7-6-10-4-2-8-15-13(10)11/h2,4,8,11-12H,3,5-7,9,14H2,1H3. The van der Waals surface area contributed by atoms with Crippen molar-refractivity contribution in [2.45, 2.75) is 37.6 Å². The number of hydrogen-bond donors (Lipinski definition) is 1. The minimum atomic E-state index is 0.228. The number of nitrogens with zero attached hydrogens (tertiary/aromatic N) is 1. The predicted octanol–water partition coefficient (Wildman–Crippen LogP) is 1.87. The van der Waals surface area contributed by atoms with Gasteiger partial charge < -0.3 is 10.5 Å². The van der Waals surface area contributed by atoms with Crippen LogP contribution in [0, 0.1) is 0 Å². The maximum absolute atomic E-state index is 6.24. The fraction of sp³-hybridized carbons (Fsp3) is 0.615. The Morgan fingerprint density at radius 3 is 3.31 bits per heavy atom. The average Bonchev–Trinajstić information content (AvgIpc) is 2.73. The molecule has 0 bridgehead atoms. The first kappa shape index (κ1) is 11.6. The number of pyridine rings is 1. The topological polar surface area (TPSA) is 48.1 Å². The minimum Gasteiger partial charge on any atom is -0.385 e. The van der Waals surface area contributed by atoms with E-state index >= 15 is 0 Å². The van der Waals surface area contributed by atoms with Crippen molar-refractivity contribution < 1.29 is 4.74 Å². The highest BCUT2D eigenvalue weighted by Gasteiger charge is 2.28. The lowest BCUT2D eigenvalue weighted by molar-refractivity contribution is 0.189. The summed E-state index contributed by atoms with van der Waals surface area (Å²) in [4.78, 5) is 4.48. The highest BCUT2D eigenvalue weighted by atomic mass is 16.5. The second kappa shape index (κ2) is 5.41. The molecule has 0 aromatic carbocycles. The number of aromatic nitrogens is 1. The van der Waals surface area contributed by atoms with Gasteiger partial charge in [0.1, 0.15) is 0 Å². The SMILES string of the molecule is COCCCC(N)C1CCc2cccnc21. The largest absolute Gasteiger partial charge is 0.385 e.